The zero-order chi connectivity index (χ0) is 9.42. The summed E-state index contributed by atoms with van der Waals surface area (Å²) in [5.74, 6) is 0. The maximum atomic E-state index is 5.67. The van der Waals surface area contributed by atoms with E-state index in [0.717, 1.165) is 26.6 Å². The molecule has 0 unspecified atom stereocenters. The van der Waals surface area contributed by atoms with E-state index in [9.17, 15) is 0 Å². The first-order valence-corrected chi connectivity index (χ1v) is 4.85. The van der Waals surface area contributed by atoms with E-state index < -0.39 is 0 Å². The fraction of sp³-hybridized carbons (Fsp3) is 0.222. The molecule has 0 aliphatic carbocycles. The zero-order valence-corrected chi connectivity index (χ0v) is 8.85. The lowest BCUT2D eigenvalue weighted by molar-refractivity contribution is 1.06. The van der Waals surface area contributed by atoms with Crippen molar-refractivity contribution in [2.45, 2.75) is 13.5 Å². The minimum Gasteiger partial charge on any atom is -0.326 e. The maximum absolute atomic E-state index is 5.67. The van der Waals surface area contributed by atoms with Crippen LogP contribution in [0.4, 0.5) is 0 Å². The first-order chi connectivity index (χ1) is 6.24. The molecule has 0 aliphatic rings. The van der Waals surface area contributed by atoms with Gasteiger partial charge in [0.15, 0.2) is 0 Å². The van der Waals surface area contributed by atoms with Crippen molar-refractivity contribution < 1.29 is 0 Å². The molecule has 0 fully saturated rings. The van der Waals surface area contributed by atoms with Crippen LogP contribution in [0, 0.1) is 6.92 Å². The highest BCUT2D eigenvalue weighted by atomic mass is 79.9. The molecule has 3 N–H and O–H groups in total. The summed E-state index contributed by atoms with van der Waals surface area (Å²) in [4.78, 5) is 0. The van der Waals surface area contributed by atoms with Gasteiger partial charge in [-0.3, -0.25) is 5.10 Å². The normalized spacial score (nSPS) is 11.0. The highest BCUT2D eigenvalue weighted by molar-refractivity contribution is 9.10. The largest absolute Gasteiger partial charge is 0.326 e. The van der Waals surface area contributed by atoms with E-state index in [2.05, 4.69) is 26.1 Å². The van der Waals surface area contributed by atoms with E-state index in [1.807, 2.05) is 19.1 Å². The molecular formula is C9H10BrN3. The van der Waals surface area contributed by atoms with Crippen LogP contribution >= 0.6 is 15.9 Å². The molecule has 0 aliphatic heterocycles. The van der Waals surface area contributed by atoms with Crippen LogP contribution < -0.4 is 5.73 Å². The van der Waals surface area contributed by atoms with Crippen molar-refractivity contribution in [3.8, 4) is 0 Å². The highest BCUT2D eigenvalue weighted by Crippen LogP contribution is 2.26. The summed E-state index contributed by atoms with van der Waals surface area (Å²) in [5.41, 5.74) is 8.83. The summed E-state index contributed by atoms with van der Waals surface area (Å²) >= 11 is 3.47. The highest BCUT2D eigenvalue weighted by Gasteiger charge is 2.08. The molecule has 0 radical (unpaired) electrons. The minimum atomic E-state index is 0.526. The SMILES string of the molecule is Cc1[nH]nc2ccc(Br)c(CN)c12. The predicted molar refractivity (Wildman–Crippen MR) is 56.4 cm³/mol. The number of H-pyrrole nitrogens is 1. The lowest BCUT2D eigenvalue weighted by atomic mass is 10.1. The molecular weight excluding hydrogens is 230 g/mol. The quantitative estimate of drug-likeness (QED) is 0.801. The third-order valence-electron chi connectivity index (χ3n) is 2.16. The Morgan fingerprint density at radius 3 is 3.00 bits per heavy atom. The van der Waals surface area contributed by atoms with Crippen LogP contribution in [0.5, 0.6) is 0 Å². The van der Waals surface area contributed by atoms with Crippen LogP contribution in [0.25, 0.3) is 10.9 Å². The number of nitrogens with two attached hydrogens (primary N) is 1. The standard InChI is InChI=1S/C9H10BrN3/c1-5-9-6(4-11)7(10)2-3-8(9)13-12-5/h2-3H,4,11H2,1H3,(H,12,13). The average molecular weight is 240 g/mol. The first-order valence-electron chi connectivity index (χ1n) is 4.06. The molecule has 0 saturated heterocycles. The summed E-state index contributed by atoms with van der Waals surface area (Å²) in [5, 5.41) is 8.25. The van der Waals surface area contributed by atoms with Crippen LogP contribution in [0.2, 0.25) is 0 Å². The third kappa shape index (κ3) is 1.26. The molecule has 68 valence electrons. The van der Waals surface area contributed by atoms with Gasteiger partial charge in [0.1, 0.15) is 0 Å². The molecule has 0 saturated carbocycles. The van der Waals surface area contributed by atoms with Gasteiger partial charge in [0.2, 0.25) is 0 Å². The Labute approximate surface area is 84.4 Å². The average Bonchev–Trinajstić information content (AvgIpc) is 2.49. The molecule has 1 heterocycles. The molecule has 0 amide bonds. The van der Waals surface area contributed by atoms with E-state index in [-0.39, 0.29) is 0 Å². The molecule has 0 atom stereocenters. The van der Waals surface area contributed by atoms with Gasteiger partial charge in [-0.05, 0) is 24.6 Å². The van der Waals surface area contributed by atoms with Gasteiger partial charge >= 0.3 is 0 Å². The molecule has 3 nitrogen and oxygen atoms in total. The lowest BCUT2D eigenvalue weighted by Crippen LogP contribution is -1.98. The number of hydrogen-bond donors (Lipinski definition) is 2. The van der Waals surface area contributed by atoms with E-state index in [0.29, 0.717) is 6.54 Å². The number of aromatic amines is 1. The fourth-order valence-corrected chi connectivity index (χ4v) is 2.01. The van der Waals surface area contributed by atoms with Crippen LogP contribution in [0.3, 0.4) is 0 Å². The van der Waals surface area contributed by atoms with Gasteiger partial charge in [0.25, 0.3) is 0 Å². The first kappa shape index (κ1) is 8.72. The van der Waals surface area contributed by atoms with Crippen LogP contribution in [-0.4, -0.2) is 10.2 Å². The Morgan fingerprint density at radius 2 is 2.31 bits per heavy atom. The second-order valence-electron chi connectivity index (χ2n) is 2.97. The second kappa shape index (κ2) is 3.12. The number of hydrogen-bond acceptors (Lipinski definition) is 2. The smallest absolute Gasteiger partial charge is 0.0927 e. The Morgan fingerprint density at radius 1 is 1.54 bits per heavy atom. The number of fused-ring (bicyclic) bond motifs is 1. The lowest BCUT2D eigenvalue weighted by Gasteiger charge is -2.02. The van der Waals surface area contributed by atoms with Crippen molar-refractivity contribution in [1.82, 2.24) is 10.2 Å². The van der Waals surface area contributed by atoms with Gasteiger partial charge in [0, 0.05) is 22.1 Å². The monoisotopic (exact) mass is 239 g/mol. The number of rotatable bonds is 1. The fourth-order valence-electron chi connectivity index (χ4n) is 1.52. The van der Waals surface area contributed by atoms with E-state index in [1.165, 1.54) is 0 Å². The third-order valence-corrected chi connectivity index (χ3v) is 2.90. The Hall–Kier alpha value is -0.870. The summed E-state index contributed by atoms with van der Waals surface area (Å²) in [6.45, 7) is 2.53. The summed E-state index contributed by atoms with van der Waals surface area (Å²) in [7, 11) is 0. The topological polar surface area (TPSA) is 54.7 Å². The van der Waals surface area contributed by atoms with Gasteiger partial charge in [0.05, 0.1) is 5.52 Å². The zero-order valence-electron chi connectivity index (χ0n) is 7.26. The molecule has 13 heavy (non-hydrogen) atoms. The molecule has 4 heteroatoms. The Balaban J connectivity index is 2.88. The van der Waals surface area contributed by atoms with Crippen molar-refractivity contribution in [3.63, 3.8) is 0 Å². The maximum Gasteiger partial charge on any atom is 0.0927 e. The van der Waals surface area contributed by atoms with Gasteiger partial charge in [-0.15, -0.1) is 0 Å². The summed E-state index contributed by atoms with van der Waals surface area (Å²) < 4.78 is 1.05. The number of aromatic nitrogens is 2. The minimum absolute atomic E-state index is 0.526. The van der Waals surface area contributed by atoms with Gasteiger partial charge in [-0.2, -0.15) is 5.10 Å². The van der Waals surface area contributed by atoms with Crippen molar-refractivity contribution in [2.75, 3.05) is 0 Å². The van der Waals surface area contributed by atoms with Crippen molar-refractivity contribution in [2.24, 2.45) is 5.73 Å². The number of benzene rings is 1. The summed E-state index contributed by atoms with van der Waals surface area (Å²) in [6, 6.07) is 3.95. The van der Waals surface area contributed by atoms with Crippen LogP contribution in [-0.2, 0) is 6.54 Å². The molecule has 2 aromatic rings. The van der Waals surface area contributed by atoms with Crippen molar-refractivity contribution in [3.05, 3.63) is 27.9 Å². The molecule has 2 rings (SSSR count). The number of aryl methyl sites for hydroxylation is 1. The van der Waals surface area contributed by atoms with Gasteiger partial charge in [-0.1, -0.05) is 15.9 Å². The molecule has 1 aromatic heterocycles. The van der Waals surface area contributed by atoms with Crippen LogP contribution in [0.15, 0.2) is 16.6 Å². The molecule has 1 aromatic carbocycles. The van der Waals surface area contributed by atoms with E-state index >= 15 is 0 Å². The summed E-state index contributed by atoms with van der Waals surface area (Å²) in [6.07, 6.45) is 0. The number of halogens is 1. The number of nitrogens with one attached hydrogen (secondary N) is 1. The van der Waals surface area contributed by atoms with Gasteiger partial charge < -0.3 is 5.73 Å². The Bertz CT molecular complexity index is 447. The second-order valence-corrected chi connectivity index (χ2v) is 3.83. The van der Waals surface area contributed by atoms with Crippen molar-refractivity contribution in [1.29, 1.82) is 0 Å². The van der Waals surface area contributed by atoms with Crippen molar-refractivity contribution >= 4 is 26.8 Å². The molecule has 0 spiro atoms. The predicted octanol–water partition coefficient (Wildman–Crippen LogP) is 2.09. The van der Waals surface area contributed by atoms with Crippen LogP contribution in [0.1, 0.15) is 11.3 Å². The number of nitrogens with zero attached hydrogens (tertiary/aromatic N) is 1. The Kier molecular flexibility index (Phi) is 2.09. The van der Waals surface area contributed by atoms with E-state index in [4.69, 9.17) is 5.73 Å². The van der Waals surface area contributed by atoms with E-state index in [1.54, 1.807) is 0 Å². The molecule has 0 bridgehead atoms. The van der Waals surface area contributed by atoms with Gasteiger partial charge in [-0.25, -0.2) is 0 Å².